The maximum atomic E-state index is 11.1. The predicted molar refractivity (Wildman–Crippen MR) is 121 cm³/mol. The molecule has 2 saturated heterocycles. The minimum Gasteiger partial charge on any atom is -0.469 e. The molecule has 14 heteroatoms. The molecule has 0 aromatic rings. The molecule has 11 atom stereocenters. The van der Waals surface area contributed by atoms with Crippen LogP contribution in [0.5, 0.6) is 0 Å². The normalized spacial score (nSPS) is 38.0. The summed E-state index contributed by atoms with van der Waals surface area (Å²) in [5.74, 6) is -0.232. The van der Waals surface area contributed by atoms with Crippen LogP contribution in [0.2, 0.25) is 0 Å². The van der Waals surface area contributed by atoms with E-state index >= 15 is 0 Å². The Labute approximate surface area is 214 Å². The third kappa shape index (κ3) is 8.68. The number of aliphatic hydroxyl groups is 7. The van der Waals surface area contributed by atoms with Gasteiger partial charge in [0.25, 0.3) is 0 Å². The lowest BCUT2D eigenvalue weighted by molar-refractivity contribution is -0.368. The summed E-state index contributed by atoms with van der Waals surface area (Å²) in [4.78, 5) is 11.1. The van der Waals surface area contributed by atoms with Crippen molar-refractivity contribution in [1.82, 2.24) is 0 Å². The number of unbranched alkanes of at least 4 members (excludes halogenated alkanes) is 5. The molecule has 0 aliphatic carbocycles. The average molecular weight is 547 g/mol. The number of carbonyl (C=O) groups excluding carboxylic acids is 1. The van der Waals surface area contributed by atoms with Crippen molar-refractivity contribution >= 4 is 17.6 Å². The average Bonchev–Trinajstić information content (AvgIpc) is 2.86. The summed E-state index contributed by atoms with van der Waals surface area (Å²) in [6.45, 7) is -0.518. The van der Waals surface area contributed by atoms with E-state index in [2.05, 4.69) is 4.74 Å². The van der Waals surface area contributed by atoms with Crippen molar-refractivity contribution in [3.05, 3.63) is 0 Å². The Bertz CT molecular complexity index is 639. The monoisotopic (exact) mass is 546 g/mol. The molecule has 13 nitrogen and oxygen atoms in total. The number of ether oxygens (including phenoxy) is 5. The fourth-order valence-electron chi connectivity index (χ4n) is 4.08. The van der Waals surface area contributed by atoms with Crippen LogP contribution in [0.15, 0.2) is 0 Å². The molecule has 36 heavy (non-hydrogen) atoms. The Morgan fingerprint density at radius 3 is 2.11 bits per heavy atom. The van der Waals surface area contributed by atoms with Gasteiger partial charge in [-0.15, -0.1) is 0 Å². The number of hydrogen-bond acceptors (Lipinski definition) is 13. The molecule has 2 rings (SSSR count). The molecule has 2 aliphatic rings. The molecule has 0 aromatic carbocycles. The van der Waals surface area contributed by atoms with Crippen LogP contribution >= 0.6 is 11.6 Å². The van der Waals surface area contributed by atoms with E-state index in [1.165, 1.54) is 7.11 Å². The van der Waals surface area contributed by atoms with Crippen molar-refractivity contribution in [2.45, 2.75) is 112 Å². The summed E-state index contributed by atoms with van der Waals surface area (Å²) in [5.41, 5.74) is -1.67. The molecule has 212 valence electrons. The van der Waals surface area contributed by atoms with E-state index in [0.29, 0.717) is 12.8 Å². The van der Waals surface area contributed by atoms with Gasteiger partial charge in [-0.3, -0.25) is 4.79 Å². The van der Waals surface area contributed by atoms with Crippen molar-refractivity contribution in [1.29, 1.82) is 0 Å². The van der Waals surface area contributed by atoms with Gasteiger partial charge < -0.3 is 59.4 Å². The van der Waals surface area contributed by atoms with E-state index < -0.39 is 73.6 Å². The van der Waals surface area contributed by atoms with Crippen molar-refractivity contribution in [2.75, 3.05) is 20.3 Å². The molecular formula is C22H39ClO13. The Balaban J connectivity index is 1.91. The Morgan fingerprint density at radius 1 is 0.861 bits per heavy atom. The second kappa shape index (κ2) is 15.7. The van der Waals surface area contributed by atoms with Crippen LogP contribution in [0.1, 0.15) is 44.9 Å². The number of rotatable bonds is 14. The molecule has 0 aromatic heterocycles. The highest BCUT2D eigenvalue weighted by Gasteiger charge is 2.52. The first-order valence-electron chi connectivity index (χ1n) is 12.1. The third-order valence-corrected chi connectivity index (χ3v) is 6.53. The zero-order valence-corrected chi connectivity index (χ0v) is 20.9. The van der Waals surface area contributed by atoms with Crippen molar-refractivity contribution in [2.24, 2.45) is 0 Å². The molecule has 0 amide bonds. The first-order chi connectivity index (χ1) is 17.1. The number of carbonyl (C=O) groups is 1. The number of esters is 1. The summed E-state index contributed by atoms with van der Waals surface area (Å²) in [6, 6.07) is 0. The smallest absolute Gasteiger partial charge is 0.305 e. The first-order valence-corrected chi connectivity index (χ1v) is 12.5. The zero-order chi connectivity index (χ0) is 26.8. The van der Waals surface area contributed by atoms with E-state index in [-0.39, 0.29) is 12.6 Å². The van der Waals surface area contributed by atoms with Crippen molar-refractivity contribution in [3.8, 4) is 0 Å². The Hall–Kier alpha value is -0.680. The summed E-state index contributed by atoms with van der Waals surface area (Å²) >= 11 is 5.67. The third-order valence-electron chi connectivity index (χ3n) is 6.28. The van der Waals surface area contributed by atoms with Gasteiger partial charge in [0.15, 0.2) is 18.1 Å². The molecule has 0 radical (unpaired) electrons. The van der Waals surface area contributed by atoms with Gasteiger partial charge in [0, 0.05) is 13.0 Å². The summed E-state index contributed by atoms with van der Waals surface area (Å²) in [7, 11) is 1.35. The minimum absolute atomic E-state index is 0.162. The molecule has 0 bridgehead atoms. The molecule has 1 unspecified atom stereocenters. The Kier molecular flexibility index (Phi) is 13.7. The lowest BCUT2D eigenvalue weighted by Crippen LogP contribution is -2.65. The van der Waals surface area contributed by atoms with E-state index in [1.807, 2.05) is 0 Å². The Morgan fingerprint density at radius 2 is 1.50 bits per heavy atom. The van der Waals surface area contributed by atoms with Crippen molar-refractivity contribution in [3.63, 3.8) is 0 Å². The molecule has 2 fully saturated rings. The topological polar surface area (TPSA) is 205 Å². The maximum Gasteiger partial charge on any atom is 0.305 e. The zero-order valence-electron chi connectivity index (χ0n) is 20.2. The highest BCUT2D eigenvalue weighted by molar-refractivity contribution is 6.19. The molecule has 7 N–H and O–H groups in total. The van der Waals surface area contributed by atoms with Crippen LogP contribution in [0.4, 0.5) is 0 Å². The summed E-state index contributed by atoms with van der Waals surface area (Å²) in [5, 5.41) is 70.2. The number of aliphatic hydroxyl groups excluding tert-OH is 7. The molecule has 0 saturated carbocycles. The van der Waals surface area contributed by atoms with Crippen molar-refractivity contribution < 1.29 is 64.2 Å². The summed E-state index contributed by atoms with van der Waals surface area (Å²) < 4.78 is 26.7. The van der Waals surface area contributed by atoms with E-state index in [1.54, 1.807) is 0 Å². The predicted octanol–water partition coefficient (Wildman–Crippen LogP) is -1.90. The second-order valence-corrected chi connectivity index (χ2v) is 9.39. The van der Waals surface area contributed by atoms with Gasteiger partial charge in [-0.2, -0.15) is 0 Å². The molecule has 0 spiro atoms. The second-order valence-electron chi connectivity index (χ2n) is 8.94. The SMILES string of the molecule is COC(=O)CCCCCCCCO[C@H]1O[C@H](C(O)Cl)[C@@H](O)[C@H](O)[C@H]1O[C@H]1O[C@H](CO)[C@@H](O)[C@H](O)[C@H]1O. The van der Waals surface area contributed by atoms with E-state index in [4.69, 9.17) is 30.5 Å². The van der Waals surface area contributed by atoms with Gasteiger partial charge in [0.2, 0.25) is 0 Å². The molecular weight excluding hydrogens is 508 g/mol. The van der Waals surface area contributed by atoms with Crippen LogP contribution in [0.25, 0.3) is 0 Å². The van der Waals surface area contributed by atoms with Crippen LogP contribution < -0.4 is 0 Å². The fourth-order valence-corrected chi connectivity index (χ4v) is 4.29. The van der Waals surface area contributed by atoms with E-state index in [0.717, 1.165) is 32.1 Å². The van der Waals surface area contributed by atoms with Crippen LogP contribution in [-0.2, 0) is 28.5 Å². The summed E-state index contributed by atoms with van der Waals surface area (Å²) in [6.07, 6.45) is -10.2. The van der Waals surface area contributed by atoms with Crippen LogP contribution in [0.3, 0.4) is 0 Å². The van der Waals surface area contributed by atoms with Gasteiger partial charge >= 0.3 is 5.97 Å². The minimum atomic E-state index is -1.75. The largest absolute Gasteiger partial charge is 0.469 e. The van der Waals surface area contributed by atoms with Gasteiger partial charge in [0.05, 0.1) is 13.7 Å². The standard InChI is InChI=1S/C22H39ClO13/c1-32-12(25)8-6-4-2-3-5-7-9-33-22-19(16(29)15(28)18(35-22)20(23)31)36-21-17(30)14(27)13(26)11(10-24)34-21/h11,13-22,24,26-31H,2-10H2,1H3/t11-,13-,14+,15+,16+,17-,18+,19-,20?,21-,22+/m1/s1. The number of methoxy groups -OCH3 is 1. The highest BCUT2D eigenvalue weighted by Crippen LogP contribution is 2.31. The molecule has 2 heterocycles. The van der Waals surface area contributed by atoms with Gasteiger partial charge in [-0.25, -0.2) is 0 Å². The van der Waals surface area contributed by atoms with Crippen LogP contribution in [0, 0.1) is 0 Å². The number of hydrogen-bond donors (Lipinski definition) is 7. The van der Waals surface area contributed by atoms with Gasteiger partial charge in [-0.1, -0.05) is 37.3 Å². The fraction of sp³-hybridized carbons (Fsp3) is 0.955. The van der Waals surface area contributed by atoms with Gasteiger partial charge in [0.1, 0.15) is 48.8 Å². The van der Waals surface area contributed by atoms with Gasteiger partial charge in [-0.05, 0) is 12.8 Å². The van der Waals surface area contributed by atoms with Crippen LogP contribution in [-0.4, -0.2) is 129 Å². The number of alkyl halides is 1. The maximum absolute atomic E-state index is 11.1. The highest BCUT2D eigenvalue weighted by atomic mass is 35.5. The quantitative estimate of drug-likeness (QED) is 0.0722. The number of halogens is 1. The van der Waals surface area contributed by atoms with E-state index in [9.17, 15) is 40.5 Å². The lowest BCUT2D eigenvalue weighted by Gasteiger charge is -2.46. The first kappa shape index (κ1) is 31.5. The lowest BCUT2D eigenvalue weighted by atomic mass is 9.97. The molecule has 2 aliphatic heterocycles.